The Labute approximate surface area is 140 Å². The Morgan fingerprint density at radius 3 is 1.40 bits per heavy atom. The maximum Gasteiger partial charge on any atom is 0.215 e. The third-order valence-corrected chi connectivity index (χ3v) is 5.99. The fourth-order valence-corrected chi connectivity index (χ4v) is 4.16. The highest BCUT2D eigenvalue weighted by atomic mass is 32.2. The van der Waals surface area contributed by atoms with Crippen LogP contribution in [0.15, 0.2) is 9.79 Å². The molecule has 2 aromatic carbocycles. The minimum absolute atomic E-state index is 0.479. The first-order valence-corrected chi connectivity index (χ1v) is 8.36. The molecule has 0 aliphatic rings. The van der Waals surface area contributed by atoms with Gasteiger partial charge in [0.15, 0.2) is 23.3 Å². The zero-order chi connectivity index (χ0) is 19.4. The van der Waals surface area contributed by atoms with Gasteiger partial charge >= 0.3 is 0 Å². The summed E-state index contributed by atoms with van der Waals surface area (Å²) in [6.07, 6.45) is 0. The van der Waals surface area contributed by atoms with E-state index < -0.39 is 76.8 Å². The Hall–Kier alpha value is -2.03. The first-order valence-electron chi connectivity index (χ1n) is 6.88. The van der Waals surface area contributed by atoms with Crippen molar-refractivity contribution in [3.8, 4) is 0 Å². The highest BCUT2D eigenvalue weighted by molar-refractivity contribution is 7.91. The summed E-state index contributed by atoms with van der Waals surface area (Å²) in [4.78, 5) is -3.37. The summed E-state index contributed by atoms with van der Waals surface area (Å²) in [5.41, 5.74) is -2.66. The van der Waals surface area contributed by atoms with Crippen LogP contribution in [-0.4, -0.2) is 8.42 Å². The molecular weight excluding hydrogens is 370 g/mol. The van der Waals surface area contributed by atoms with Gasteiger partial charge in [0, 0.05) is 11.1 Å². The van der Waals surface area contributed by atoms with Crippen LogP contribution in [0.3, 0.4) is 0 Å². The molecule has 0 spiro atoms. The van der Waals surface area contributed by atoms with Gasteiger partial charge < -0.3 is 0 Å². The lowest BCUT2D eigenvalue weighted by Gasteiger charge is -2.16. The number of hydrogen-bond acceptors (Lipinski definition) is 2. The largest absolute Gasteiger partial charge is 0.218 e. The van der Waals surface area contributed by atoms with Crippen molar-refractivity contribution in [2.75, 3.05) is 0 Å². The number of sulfone groups is 1. The predicted octanol–water partition coefficient (Wildman–Crippen LogP) is 4.59. The van der Waals surface area contributed by atoms with Crippen molar-refractivity contribution >= 4 is 9.84 Å². The molecule has 0 saturated carbocycles. The molecule has 0 heterocycles. The highest BCUT2D eigenvalue weighted by Crippen LogP contribution is 2.36. The molecule has 25 heavy (non-hydrogen) atoms. The molecule has 0 aliphatic carbocycles. The zero-order valence-electron chi connectivity index (χ0n) is 13.5. The van der Waals surface area contributed by atoms with E-state index in [1.54, 1.807) is 0 Å². The summed E-state index contributed by atoms with van der Waals surface area (Å²) in [5, 5.41) is 0. The van der Waals surface area contributed by atoms with Gasteiger partial charge in [-0.3, -0.25) is 0 Å². The van der Waals surface area contributed by atoms with Gasteiger partial charge in [-0.1, -0.05) is 0 Å². The van der Waals surface area contributed by atoms with Gasteiger partial charge in [0.05, 0.1) is 0 Å². The summed E-state index contributed by atoms with van der Waals surface area (Å²) in [6, 6.07) is 0. The Balaban J connectivity index is 3.02. The van der Waals surface area contributed by atoms with Crippen molar-refractivity contribution in [3.05, 3.63) is 57.2 Å². The van der Waals surface area contributed by atoms with Crippen molar-refractivity contribution in [2.45, 2.75) is 37.5 Å². The monoisotopic (exact) mass is 382 g/mol. The molecule has 2 aromatic rings. The van der Waals surface area contributed by atoms with Crippen LogP contribution in [0.2, 0.25) is 0 Å². The summed E-state index contributed by atoms with van der Waals surface area (Å²) in [7, 11) is -5.43. The van der Waals surface area contributed by atoms with E-state index in [9.17, 15) is 34.8 Å². The average Bonchev–Trinajstić information content (AvgIpc) is 2.54. The average molecular weight is 382 g/mol. The summed E-state index contributed by atoms with van der Waals surface area (Å²) >= 11 is 0. The lowest BCUT2D eigenvalue weighted by atomic mass is 10.1. The minimum atomic E-state index is -5.43. The lowest BCUT2D eigenvalue weighted by molar-refractivity contribution is 0.442. The Bertz CT molecular complexity index is 879. The van der Waals surface area contributed by atoms with Crippen LogP contribution in [0.5, 0.6) is 0 Å². The van der Waals surface area contributed by atoms with Gasteiger partial charge in [0.1, 0.15) is 21.4 Å². The van der Waals surface area contributed by atoms with Gasteiger partial charge in [-0.2, -0.15) is 0 Å². The first-order chi connectivity index (χ1) is 11.4. The number of hydrogen-bond donors (Lipinski definition) is 0. The molecule has 0 N–H and O–H groups in total. The van der Waals surface area contributed by atoms with Crippen molar-refractivity contribution in [1.29, 1.82) is 0 Å². The third-order valence-electron chi connectivity index (χ3n) is 4.07. The fourth-order valence-electron chi connectivity index (χ4n) is 2.42. The molecule has 0 aliphatic heterocycles. The van der Waals surface area contributed by atoms with E-state index in [4.69, 9.17) is 0 Å². The molecule has 2 rings (SSSR count). The fraction of sp³-hybridized carbons (Fsp3) is 0.250. The van der Waals surface area contributed by atoms with Gasteiger partial charge in [-0.15, -0.1) is 0 Å². The van der Waals surface area contributed by atoms with E-state index in [0.29, 0.717) is 0 Å². The van der Waals surface area contributed by atoms with Crippen molar-refractivity contribution in [1.82, 2.24) is 0 Å². The molecule has 9 heteroatoms. The van der Waals surface area contributed by atoms with E-state index in [2.05, 4.69) is 0 Å². The van der Waals surface area contributed by atoms with Crippen LogP contribution in [0.25, 0.3) is 0 Å². The van der Waals surface area contributed by atoms with Gasteiger partial charge in [0.25, 0.3) is 0 Å². The van der Waals surface area contributed by atoms with Crippen molar-refractivity contribution in [3.63, 3.8) is 0 Å². The summed E-state index contributed by atoms with van der Waals surface area (Å²) in [6.45, 7) is 3.69. The highest BCUT2D eigenvalue weighted by Gasteiger charge is 2.37. The number of rotatable bonds is 2. The lowest BCUT2D eigenvalue weighted by Crippen LogP contribution is -2.17. The van der Waals surface area contributed by atoms with Crippen LogP contribution in [0.1, 0.15) is 22.3 Å². The molecule has 0 radical (unpaired) electrons. The Morgan fingerprint density at radius 2 is 0.880 bits per heavy atom. The summed E-state index contributed by atoms with van der Waals surface area (Å²) < 4.78 is 109. The predicted molar refractivity (Wildman–Crippen MR) is 77.0 cm³/mol. The van der Waals surface area contributed by atoms with E-state index in [1.165, 1.54) is 0 Å². The maximum atomic E-state index is 14.3. The topological polar surface area (TPSA) is 34.1 Å². The van der Waals surface area contributed by atoms with Gasteiger partial charge in [-0.05, 0) is 38.8 Å². The summed E-state index contributed by atoms with van der Waals surface area (Å²) in [5.74, 6) is -10.6. The Morgan fingerprint density at radius 1 is 0.480 bits per heavy atom. The van der Waals surface area contributed by atoms with Crippen LogP contribution < -0.4 is 0 Å². The molecule has 0 amide bonds. The maximum absolute atomic E-state index is 14.3. The first kappa shape index (κ1) is 19.3. The van der Waals surface area contributed by atoms with Crippen LogP contribution in [0, 0.1) is 62.6 Å². The van der Waals surface area contributed by atoms with Crippen LogP contribution in [0.4, 0.5) is 26.3 Å². The molecule has 0 saturated heterocycles. The standard InChI is InChI=1S/C16H12F6O2S/c1-5-6(2)12(20)16(14(22)10(5)18)25(23,24)15-8(4)9(17)7(3)11(19)13(15)21/h1-4H3. The smallest absolute Gasteiger partial charge is 0.215 e. The zero-order valence-corrected chi connectivity index (χ0v) is 14.3. The van der Waals surface area contributed by atoms with Gasteiger partial charge in [0.2, 0.25) is 9.84 Å². The van der Waals surface area contributed by atoms with E-state index in [0.717, 1.165) is 27.7 Å². The van der Waals surface area contributed by atoms with Crippen molar-refractivity contribution < 1.29 is 34.8 Å². The van der Waals surface area contributed by atoms with Crippen molar-refractivity contribution in [2.24, 2.45) is 0 Å². The molecule has 136 valence electrons. The van der Waals surface area contributed by atoms with Crippen LogP contribution in [-0.2, 0) is 9.84 Å². The molecule has 0 fully saturated rings. The normalized spacial score (nSPS) is 11.9. The molecule has 2 nitrogen and oxygen atoms in total. The molecule has 0 unspecified atom stereocenters. The quantitative estimate of drug-likeness (QED) is 0.563. The number of benzene rings is 2. The second kappa shape index (κ2) is 6.05. The van der Waals surface area contributed by atoms with Crippen LogP contribution >= 0.6 is 0 Å². The second-order valence-electron chi connectivity index (χ2n) is 5.55. The molecular formula is C16H12F6O2S. The molecule has 0 atom stereocenters. The molecule has 0 aromatic heterocycles. The Kier molecular flexibility index (Phi) is 4.67. The number of halogens is 6. The van der Waals surface area contributed by atoms with Gasteiger partial charge in [-0.25, -0.2) is 34.8 Å². The minimum Gasteiger partial charge on any atom is -0.218 e. The third kappa shape index (κ3) is 2.61. The SMILES string of the molecule is Cc1c(F)c(C)c(S(=O)(=O)c2c(F)c(C)c(C)c(F)c2F)c(F)c1F. The molecule has 0 bridgehead atoms. The van der Waals surface area contributed by atoms with E-state index in [1.807, 2.05) is 0 Å². The van der Waals surface area contributed by atoms with E-state index in [-0.39, 0.29) is 0 Å². The van der Waals surface area contributed by atoms with E-state index >= 15 is 0 Å². The second-order valence-corrected chi connectivity index (χ2v) is 7.37.